The smallest absolute Gasteiger partial charge is 0.338 e. The van der Waals surface area contributed by atoms with Gasteiger partial charge in [0.15, 0.2) is 0 Å². The molecule has 1 saturated heterocycles. The fourth-order valence-electron chi connectivity index (χ4n) is 1.97. The van der Waals surface area contributed by atoms with Gasteiger partial charge in [-0.1, -0.05) is 6.92 Å². The lowest BCUT2D eigenvalue weighted by molar-refractivity contribution is -0.135. The molecule has 1 aliphatic heterocycles. The Morgan fingerprint density at radius 1 is 1.47 bits per heavy atom. The molecular weight excluding hydrogens is 233 g/mol. The van der Waals surface area contributed by atoms with E-state index in [0.717, 1.165) is 12.8 Å². The number of halogens is 3. The number of hydrogen-bond donors (Lipinski definition) is 1. The third-order valence-electron chi connectivity index (χ3n) is 2.86. The van der Waals surface area contributed by atoms with Crippen molar-refractivity contribution >= 4 is 6.03 Å². The summed E-state index contributed by atoms with van der Waals surface area (Å²) in [4.78, 5) is 13.3. The van der Waals surface area contributed by atoms with Crippen LogP contribution in [0, 0.1) is 5.92 Å². The van der Waals surface area contributed by atoms with Gasteiger partial charge in [0.05, 0.1) is 0 Å². The largest absolute Gasteiger partial charge is 0.389 e. The van der Waals surface area contributed by atoms with Crippen molar-refractivity contribution in [1.29, 1.82) is 0 Å². The van der Waals surface area contributed by atoms with Crippen LogP contribution in [0.2, 0.25) is 0 Å². The number of hydrogen-bond acceptors (Lipinski definition) is 1. The topological polar surface area (TPSA) is 32.3 Å². The van der Waals surface area contributed by atoms with Gasteiger partial charge in [-0.15, -0.1) is 0 Å². The second kappa shape index (κ2) is 6.12. The van der Waals surface area contributed by atoms with Crippen LogP contribution < -0.4 is 5.32 Å². The molecule has 1 atom stereocenters. The average Bonchev–Trinajstić information content (AvgIpc) is 2.23. The molecule has 0 bridgehead atoms. The van der Waals surface area contributed by atoms with Crippen molar-refractivity contribution < 1.29 is 18.0 Å². The summed E-state index contributed by atoms with van der Waals surface area (Å²) in [6.07, 6.45) is -2.96. The lowest BCUT2D eigenvalue weighted by atomic mass is 10.0. The lowest BCUT2D eigenvalue weighted by Crippen LogP contribution is -2.45. The number of likely N-dealkylation sites (tertiary alicyclic amines) is 1. The third-order valence-corrected chi connectivity index (χ3v) is 2.86. The van der Waals surface area contributed by atoms with E-state index in [1.54, 1.807) is 4.90 Å². The number of carbonyl (C=O) groups is 1. The minimum Gasteiger partial charge on any atom is -0.338 e. The number of carbonyl (C=O) groups excluding carboxylic acids is 1. The molecule has 0 saturated carbocycles. The summed E-state index contributed by atoms with van der Waals surface area (Å²) < 4.78 is 35.6. The highest BCUT2D eigenvalue weighted by molar-refractivity contribution is 5.74. The van der Waals surface area contributed by atoms with Crippen LogP contribution in [0.4, 0.5) is 18.0 Å². The average molecular weight is 252 g/mol. The maximum absolute atomic E-state index is 11.9. The van der Waals surface area contributed by atoms with E-state index in [0.29, 0.717) is 19.0 Å². The summed E-state index contributed by atoms with van der Waals surface area (Å²) in [5.41, 5.74) is 0. The van der Waals surface area contributed by atoms with Crippen molar-refractivity contribution in [3.8, 4) is 0 Å². The number of alkyl halides is 3. The zero-order chi connectivity index (χ0) is 12.9. The summed E-state index contributed by atoms with van der Waals surface area (Å²) in [7, 11) is 0. The molecule has 6 heteroatoms. The van der Waals surface area contributed by atoms with E-state index in [9.17, 15) is 18.0 Å². The maximum Gasteiger partial charge on any atom is 0.389 e. The van der Waals surface area contributed by atoms with Gasteiger partial charge in [0, 0.05) is 26.1 Å². The number of rotatable bonds is 3. The first-order chi connectivity index (χ1) is 7.88. The summed E-state index contributed by atoms with van der Waals surface area (Å²) in [6.45, 7) is 3.56. The fraction of sp³-hybridized carbons (Fsp3) is 0.909. The number of piperidine rings is 1. The van der Waals surface area contributed by atoms with E-state index in [2.05, 4.69) is 12.2 Å². The molecule has 1 fully saturated rings. The highest BCUT2D eigenvalue weighted by Crippen LogP contribution is 2.20. The molecule has 0 spiro atoms. The zero-order valence-electron chi connectivity index (χ0n) is 10.0. The van der Waals surface area contributed by atoms with Gasteiger partial charge in [0.2, 0.25) is 0 Å². The number of nitrogens with one attached hydrogen (secondary N) is 1. The molecule has 2 amide bonds. The Kier molecular flexibility index (Phi) is 5.08. The van der Waals surface area contributed by atoms with Crippen LogP contribution in [0.25, 0.3) is 0 Å². The SMILES string of the molecule is CC1CCCN(C(=O)NCCCC(F)(F)F)C1. The third kappa shape index (κ3) is 5.79. The second-order valence-electron chi connectivity index (χ2n) is 4.64. The Morgan fingerprint density at radius 2 is 2.18 bits per heavy atom. The Labute approximate surface area is 99.4 Å². The molecule has 0 aliphatic carbocycles. The minimum absolute atomic E-state index is 0.0569. The normalized spacial score (nSPS) is 21.4. The van der Waals surface area contributed by atoms with Crippen LogP contribution in [0.15, 0.2) is 0 Å². The van der Waals surface area contributed by atoms with Crippen molar-refractivity contribution in [3.05, 3.63) is 0 Å². The fourth-order valence-corrected chi connectivity index (χ4v) is 1.97. The maximum atomic E-state index is 11.9. The van der Waals surface area contributed by atoms with Crippen LogP contribution in [0.1, 0.15) is 32.6 Å². The molecule has 0 aromatic carbocycles. The van der Waals surface area contributed by atoms with Gasteiger partial charge >= 0.3 is 12.2 Å². The molecule has 17 heavy (non-hydrogen) atoms. The van der Waals surface area contributed by atoms with Crippen LogP contribution in [-0.4, -0.2) is 36.7 Å². The first kappa shape index (κ1) is 14.1. The van der Waals surface area contributed by atoms with E-state index in [4.69, 9.17) is 0 Å². The van der Waals surface area contributed by atoms with Crippen LogP contribution in [-0.2, 0) is 0 Å². The quantitative estimate of drug-likeness (QED) is 0.770. The summed E-state index contributed by atoms with van der Waals surface area (Å²) in [5.74, 6) is 0.477. The number of nitrogens with zero attached hydrogens (tertiary/aromatic N) is 1. The van der Waals surface area contributed by atoms with Crippen molar-refractivity contribution in [1.82, 2.24) is 10.2 Å². The highest BCUT2D eigenvalue weighted by atomic mass is 19.4. The molecule has 1 rings (SSSR count). The number of urea groups is 1. The molecule has 100 valence electrons. The van der Waals surface area contributed by atoms with Gasteiger partial charge < -0.3 is 10.2 Å². The van der Waals surface area contributed by atoms with Crippen molar-refractivity contribution in [3.63, 3.8) is 0 Å². The van der Waals surface area contributed by atoms with E-state index < -0.39 is 12.6 Å². The van der Waals surface area contributed by atoms with E-state index in [1.165, 1.54) is 0 Å². The Balaban J connectivity index is 2.16. The molecule has 1 unspecified atom stereocenters. The van der Waals surface area contributed by atoms with Crippen LogP contribution >= 0.6 is 0 Å². The Hall–Kier alpha value is -0.940. The van der Waals surface area contributed by atoms with Crippen molar-refractivity contribution in [2.45, 2.75) is 38.8 Å². The molecule has 3 nitrogen and oxygen atoms in total. The van der Waals surface area contributed by atoms with E-state index >= 15 is 0 Å². The monoisotopic (exact) mass is 252 g/mol. The molecule has 1 aliphatic rings. The predicted octanol–water partition coefficient (Wildman–Crippen LogP) is 2.77. The summed E-state index contributed by atoms with van der Waals surface area (Å²) in [6, 6.07) is -0.237. The van der Waals surface area contributed by atoms with Gasteiger partial charge in [-0.05, 0) is 25.2 Å². The van der Waals surface area contributed by atoms with E-state index in [1.807, 2.05) is 0 Å². The predicted molar refractivity (Wildman–Crippen MR) is 58.7 cm³/mol. The second-order valence-corrected chi connectivity index (χ2v) is 4.64. The van der Waals surface area contributed by atoms with Crippen LogP contribution in [0.3, 0.4) is 0 Å². The minimum atomic E-state index is -4.13. The molecule has 0 aromatic heterocycles. The number of amides is 2. The highest BCUT2D eigenvalue weighted by Gasteiger charge is 2.26. The van der Waals surface area contributed by atoms with Gasteiger partial charge in [-0.25, -0.2) is 4.79 Å². The van der Waals surface area contributed by atoms with Crippen molar-refractivity contribution in [2.24, 2.45) is 5.92 Å². The molecule has 1 heterocycles. The van der Waals surface area contributed by atoms with Gasteiger partial charge in [0.1, 0.15) is 0 Å². The van der Waals surface area contributed by atoms with Crippen LogP contribution in [0.5, 0.6) is 0 Å². The van der Waals surface area contributed by atoms with Gasteiger partial charge in [-0.3, -0.25) is 0 Å². The first-order valence-corrected chi connectivity index (χ1v) is 5.98. The molecule has 1 N–H and O–H groups in total. The Bertz CT molecular complexity index is 256. The van der Waals surface area contributed by atoms with Gasteiger partial charge in [-0.2, -0.15) is 13.2 Å². The van der Waals surface area contributed by atoms with Gasteiger partial charge in [0.25, 0.3) is 0 Å². The van der Waals surface area contributed by atoms with Crippen molar-refractivity contribution in [2.75, 3.05) is 19.6 Å². The standard InChI is InChI=1S/C11H19F3N2O/c1-9-4-2-7-16(8-9)10(17)15-6-3-5-11(12,13)14/h9H,2-8H2,1H3,(H,15,17). The Morgan fingerprint density at radius 3 is 2.76 bits per heavy atom. The lowest BCUT2D eigenvalue weighted by Gasteiger charge is -2.30. The summed E-state index contributed by atoms with van der Waals surface area (Å²) in [5, 5.41) is 2.53. The summed E-state index contributed by atoms with van der Waals surface area (Å²) >= 11 is 0. The van der Waals surface area contributed by atoms with E-state index in [-0.39, 0.29) is 19.0 Å². The molecule has 0 radical (unpaired) electrons. The zero-order valence-corrected chi connectivity index (χ0v) is 10.0. The first-order valence-electron chi connectivity index (χ1n) is 5.98. The molecule has 0 aromatic rings. The molecular formula is C11H19F3N2O.